The van der Waals surface area contributed by atoms with E-state index >= 15 is 0 Å². The van der Waals surface area contributed by atoms with Gasteiger partial charge in [-0.15, -0.1) is 0 Å². The van der Waals surface area contributed by atoms with E-state index in [1.54, 1.807) is 6.08 Å². The SMILES string of the molecule is CC/C=C/C=C/C=C/C=C\CCCCCCCC(=O)OC1C(OCC(NC(=O)C(O)CCCCCCCCCCCCCC/C=C\C/C=C\CCCCC)C(O)/C=C/CCCCCCCCCCCCC)OC(CO)C(O)C1O. The summed E-state index contributed by atoms with van der Waals surface area (Å²) in [5.41, 5.74) is 0. The maximum absolute atomic E-state index is 13.5. The lowest BCUT2D eigenvalue weighted by Gasteiger charge is -2.41. The fourth-order valence-corrected chi connectivity index (χ4v) is 9.75. The summed E-state index contributed by atoms with van der Waals surface area (Å²) in [4.78, 5) is 26.6. The van der Waals surface area contributed by atoms with Crippen LogP contribution in [0.4, 0.5) is 0 Å². The minimum absolute atomic E-state index is 0.0946. The Labute approximate surface area is 483 Å². The third kappa shape index (κ3) is 43.2. The molecule has 0 radical (unpaired) electrons. The number of nitrogens with one attached hydrogen (secondary N) is 1. The summed E-state index contributed by atoms with van der Waals surface area (Å²) in [7, 11) is 0. The van der Waals surface area contributed by atoms with Gasteiger partial charge in [-0.3, -0.25) is 9.59 Å². The number of aliphatic hydroxyl groups excluding tert-OH is 5. The first kappa shape index (κ1) is 73.9. The molecule has 1 fully saturated rings. The zero-order valence-electron chi connectivity index (χ0n) is 50.5. The minimum Gasteiger partial charge on any atom is -0.454 e. The lowest BCUT2D eigenvalue weighted by atomic mass is 9.99. The molecule has 0 aliphatic carbocycles. The summed E-state index contributed by atoms with van der Waals surface area (Å²) in [6, 6.07) is -1.03. The van der Waals surface area contributed by atoms with Crippen LogP contribution in [0.25, 0.3) is 0 Å². The molecular weight excluding hydrogens is 991 g/mol. The van der Waals surface area contributed by atoms with Crippen LogP contribution < -0.4 is 5.32 Å². The van der Waals surface area contributed by atoms with E-state index in [4.69, 9.17) is 14.2 Å². The molecule has 1 saturated heterocycles. The van der Waals surface area contributed by atoms with Crippen LogP contribution in [0.3, 0.4) is 0 Å². The highest BCUT2D eigenvalue weighted by atomic mass is 16.7. The first-order chi connectivity index (χ1) is 38.7. The fourth-order valence-electron chi connectivity index (χ4n) is 9.75. The van der Waals surface area contributed by atoms with E-state index in [1.807, 2.05) is 42.5 Å². The molecule has 0 aromatic carbocycles. The molecule has 8 atom stereocenters. The zero-order chi connectivity index (χ0) is 57.5. The van der Waals surface area contributed by atoms with Crippen molar-refractivity contribution < 1.29 is 49.3 Å². The number of ether oxygens (including phenoxy) is 3. The van der Waals surface area contributed by atoms with Crippen LogP contribution in [0.1, 0.15) is 271 Å². The van der Waals surface area contributed by atoms with Crippen LogP contribution in [0.2, 0.25) is 0 Å². The van der Waals surface area contributed by atoms with Crippen molar-refractivity contribution in [3.8, 4) is 0 Å². The lowest BCUT2D eigenvalue weighted by molar-refractivity contribution is -0.305. The van der Waals surface area contributed by atoms with Crippen LogP contribution in [0, 0.1) is 0 Å². The molecule has 1 aliphatic heterocycles. The third-order valence-electron chi connectivity index (χ3n) is 14.9. The molecule has 0 bridgehead atoms. The summed E-state index contributed by atoms with van der Waals surface area (Å²) < 4.78 is 17.6. The van der Waals surface area contributed by atoms with E-state index in [-0.39, 0.29) is 19.4 Å². The molecule has 0 aromatic rings. The van der Waals surface area contributed by atoms with Gasteiger partial charge in [0, 0.05) is 6.42 Å². The van der Waals surface area contributed by atoms with Gasteiger partial charge in [0.15, 0.2) is 12.4 Å². The van der Waals surface area contributed by atoms with Gasteiger partial charge < -0.3 is 45.1 Å². The largest absolute Gasteiger partial charge is 0.454 e. The second-order valence-electron chi connectivity index (χ2n) is 22.2. The highest BCUT2D eigenvalue weighted by molar-refractivity contribution is 5.80. The van der Waals surface area contributed by atoms with E-state index in [1.165, 1.54) is 141 Å². The number of hydrogen-bond acceptors (Lipinski definition) is 10. The summed E-state index contributed by atoms with van der Waals surface area (Å²) in [6.07, 6.45) is 61.9. The normalized spacial score (nSPS) is 19.4. The van der Waals surface area contributed by atoms with Crippen molar-refractivity contribution in [2.24, 2.45) is 0 Å². The quantitative estimate of drug-likeness (QED) is 0.0149. The molecule has 11 heteroatoms. The Morgan fingerprint density at radius 3 is 1.49 bits per heavy atom. The number of carbonyl (C=O) groups is 2. The van der Waals surface area contributed by atoms with E-state index in [0.717, 1.165) is 83.5 Å². The Bertz CT molecular complexity index is 1610. The van der Waals surface area contributed by atoms with Crippen molar-refractivity contribution in [3.63, 3.8) is 0 Å². The average Bonchev–Trinajstić information content (AvgIpc) is 3.50. The molecule has 1 heterocycles. The molecular formula is C68H119NO10. The molecule has 0 spiro atoms. The van der Waals surface area contributed by atoms with Gasteiger partial charge in [0.1, 0.15) is 24.4 Å². The van der Waals surface area contributed by atoms with Gasteiger partial charge in [0.05, 0.1) is 25.4 Å². The smallest absolute Gasteiger partial charge is 0.306 e. The van der Waals surface area contributed by atoms with Gasteiger partial charge in [-0.25, -0.2) is 0 Å². The molecule has 6 N–H and O–H groups in total. The topological polar surface area (TPSA) is 175 Å². The Morgan fingerprint density at radius 2 is 0.962 bits per heavy atom. The Morgan fingerprint density at radius 1 is 0.519 bits per heavy atom. The van der Waals surface area contributed by atoms with Crippen molar-refractivity contribution in [2.75, 3.05) is 13.2 Å². The monoisotopic (exact) mass is 1110 g/mol. The number of amides is 1. The number of unbranched alkanes of at least 4 members (excludes halogenated alkanes) is 31. The minimum atomic E-state index is -1.63. The summed E-state index contributed by atoms with van der Waals surface area (Å²) in [5, 5.41) is 57.1. The predicted octanol–water partition coefficient (Wildman–Crippen LogP) is 15.7. The molecule has 8 unspecified atom stereocenters. The van der Waals surface area contributed by atoms with Crippen molar-refractivity contribution in [2.45, 2.75) is 320 Å². The van der Waals surface area contributed by atoms with Crippen LogP contribution in [-0.2, 0) is 23.8 Å². The highest BCUT2D eigenvalue weighted by Crippen LogP contribution is 2.26. The maximum Gasteiger partial charge on any atom is 0.306 e. The first-order valence-electron chi connectivity index (χ1n) is 32.4. The molecule has 456 valence electrons. The number of carbonyl (C=O) groups excluding carboxylic acids is 2. The van der Waals surface area contributed by atoms with Crippen molar-refractivity contribution in [1.29, 1.82) is 0 Å². The van der Waals surface area contributed by atoms with Gasteiger partial charge in [-0.2, -0.15) is 0 Å². The average molecular weight is 1110 g/mol. The molecule has 1 aliphatic rings. The summed E-state index contributed by atoms with van der Waals surface area (Å²) >= 11 is 0. The highest BCUT2D eigenvalue weighted by Gasteiger charge is 2.47. The molecule has 11 nitrogen and oxygen atoms in total. The van der Waals surface area contributed by atoms with E-state index in [9.17, 15) is 35.1 Å². The second-order valence-corrected chi connectivity index (χ2v) is 22.2. The number of hydrogen-bond donors (Lipinski definition) is 6. The van der Waals surface area contributed by atoms with Gasteiger partial charge >= 0.3 is 5.97 Å². The van der Waals surface area contributed by atoms with Crippen LogP contribution in [0.15, 0.2) is 85.1 Å². The standard InChI is InChI=1S/C68H119NO10/c1-4-7-10-13-16-19-22-25-27-28-29-30-31-32-33-35-37-40-43-46-49-52-55-61(72)67(76)69-59(60(71)54-51-48-45-42-39-36-24-21-18-15-12-9-6-3)58-77-68-66(65(75)64(74)62(57-70)78-68)79-63(73)56-53-50-47-44-41-38-34-26-23-20-17-14-11-8-5-2/h8,11,14,16-17,19-20,23,25-27,34,51,54,59-62,64-66,68,70-72,74-75H,4-7,9-10,12-13,15,18,21-22,24,28-33,35-50,52-53,55-58H2,1-3H3,(H,69,76)/b11-8+,17-14+,19-16-,23-20+,27-25-,34-26-,54-51+. The fraction of sp³-hybridized carbons (Fsp3) is 0.765. The third-order valence-corrected chi connectivity index (χ3v) is 14.9. The zero-order valence-corrected chi connectivity index (χ0v) is 50.5. The Hall–Kier alpha value is -3.16. The van der Waals surface area contributed by atoms with Crippen LogP contribution in [-0.4, -0.2) is 99.6 Å². The van der Waals surface area contributed by atoms with E-state index in [2.05, 4.69) is 62.5 Å². The van der Waals surface area contributed by atoms with Crippen molar-refractivity contribution >= 4 is 11.9 Å². The van der Waals surface area contributed by atoms with Crippen LogP contribution in [0.5, 0.6) is 0 Å². The van der Waals surface area contributed by atoms with Crippen LogP contribution >= 0.6 is 0 Å². The van der Waals surface area contributed by atoms with Gasteiger partial charge in [0.25, 0.3) is 0 Å². The summed E-state index contributed by atoms with van der Waals surface area (Å²) in [5.74, 6) is -1.22. The molecule has 0 saturated carbocycles. The maximum atomic E-state index is 13.5. The number of allylic oxidation sites excluding steroid dienone is 13. The summed E-state index contributed by atoms with van der Waals surface area (Å²) in [6.45, 7) is 5.62. The lowest BCUT2D eigenvalue weighted by Crippen LogP contribution is -2.61. The predicted molar refractivity (Wildman–Crippen MR) is 329 cm³/mol. The van der Waals surface area contributed by atoms with E-state index in [0.29, 0.717) is 12.8 Å². The number of aliphatic hydroxyl groups is 5. The Balaban J connectivity index is 2.66. The van der Waals surface area contributed by atoms with E-state index < -0.39 is 67.4 Å². The molecule has 1 amide bonds. The molecule has 0 aromatic heterocycles. The second kappa shape index (κ2) is 55.4. The van der Waals surface area contributed by atoms with Crippen molar-refractivity contribution in [1.82, 2.24) is 5.32 Å². The van der Waals surface area contributed by atoms with Gasteiger partial charge in [-0.05, 0) is 77.0 Å². The number of esters is 1. The molecule has 79 heavy (non-hydrogen) atoms. The van der Waals surface area contributed by atoms with Gasteiger partial charge in [-0.1, -0.05) is 273 Å². The van der Waals surface area contributed by atoms with Gasteiger partial charge in [0.2, 0.25) is 5.91 Å². The molecule has 1 rings (SSSR count). The first-order valence-corrected chi connectivity index (χ1v) is 32.4. The van der Waals surface area contributed by atoms with Crippen molar-refractivity contribution in [3.05, 3.63) is 85.1 Å². The number of rotatable bonds is 54. The Kier molecular flexibility index (Phi) is 51.8.